The molecule has 0 spiro atoms. The lowest BCUT2D eigenvalue weighted by Gasteiger charge is -2.56. The zero-order valence-electron chi connectivity index (χ0n) is 17.9. The molecule has 0 aromatic heterocycles. The number of fused-ring (bicyclic) bond motifs is 4. The average molecular weight is 543 g/mol. The summed E-state index contributed by atoms with van der Waals surface area (Å²) in [6.07, 6.45) is 0. The Balaban J connectivity index is 1.63. The number of halogens is 2. The number of carbonyl (C=O) groups excluding carboxylic acids is 1. The van der Waals surface area contributed by atoms with Crippen molar-refractivity contribution in [2.75, 3.05) is 10.2 Å². The zero-order chi connectivity index (χ0) is 23.3. The Morgan fingerprint density at radius 1 is 1.18 bits per heavy atom. The smallest absolute Gasteiger partial charge is 0.236 e. The predicted octanol–water partition coefficient (Wildman–Crippen LogP) is 6.21. The van der Waals surface area contributed by atoms with Gasteiger partial charge in [0.25, 0.3) is 0 Å². The molecule has 8 heteroatoms. The lowest BCUT2D eigenvalue weighted by molar-refractivity contribution is -0.130. The first-order valence-corrected chi connectivity index (χ1v) is 12.1. The van der Waals surface area contributed by atoms with Crippen LogP contribution < -0.4 is 20.3 Å². The van der Waals surface area contributed by atoms with Gasteiger partial charge in [0.1, 0.15) is 11.7 Å². The number of amides is 1. The fourth-order valence-corrected chi connectivity index (χ4v) is 5.59. The van der Waals surface area contributed by atoms with Crippen molar-refractivity contribution in [2.45, 2.75) is 25.6 Å². The molecular weight excluding hydrogens is 522 g/mol. The second-order valence-electron chi connectivity index (χ2n) is 8.41. The van der Waals surface area contributed by atoms with Gasteiger partial charge in [-0.25, -0.2) is 0 Å². The maximum atomic E-state index is 13.8. The summed E-state index contributed by atoms with van der Waals surface area (Å²) in [5, 5.41) is 7.58. The van der Waals surface area contributed by atoms with Gasteiger partial charge in [0, 0.05) is 26.4 Å². The molecule has 2 aliphatic heterocycles. The van der Waals surface area contributed by atoms with E-state index in [1.165, 1.54) is 0 Å². The number of hydrogen-bond acceptors (Lipinski definition) is 3. The molecule has 0 saturated carbocycles. The fourth-order valence-electron chi connectivity index (χ4n) is 4.66. The third kappa shape index (κ3) is 3.88. The Kier molecular flexibility index (Phi) is 5.59. The van der Waals surface area contributed by atoms with Gasteiger partial charge in [0.15, 0.2) is 10.8 Å². The Hall–Kier alpha value is -2.61. The van der Waals surface area contributed by atoms with Gasteiger partial charge >= 0.3 is 0 Å². The van der Waals surface area contributed by atoms with Crippen LogP contribution in [-0.2, 0) is 4.79 Å². The quantitative estimate of drug-likeness (QED) is 0.386. The maximum Gasteiger partial charge on any atom is 0.236 e. The number of thiocarbonyl (C=S) groups is 1. The lowest BCUT2D eigenvalue weighted by atomic mass is 9.78. The van der Waals surface area contributed by atoms with Crippen LogP contribution in [0.1, 0.15) is 24.1 Å². The van der Waals surface area contributed by atoms with Gasteiger partial charge in [-0.15, -0.1) is 0 Å². The molecule has 2 bridgehead atoms. The predicted molar refractivity (Wildman–Crippen MR) is 139 cm³/mol. The number of hydrogen-bond donors (Lipinski definition) is 2. The molecule has 5 nitrogen and oxygen atoms in total. The molecule has 33 heavy (non-hydrogen) atoms. The van der Waals surface area contributed by atoms with E-state index < -0.39 is 11.6 Å². The Morgan fingerprint density at radius 2 is 1.94 bits per heavy atom. The van der Waals surface area contributed by atoms with Crippen LogP contribution in [0.5, 0.6) is 5.75 Å². The van der Waals surface area contributed by atoms with Crippen LogP contribution in [0.25, 0.3) is 0 Å². The molecule has 1 amide bonds. The molecule has 2 heterocycles. The van der Waals surface area contributed by atoms with E-state index in [0.29, 0.717) is 15.8 Å². The van der Waals surface area contributed by atoms with E-state index in [1.54, 1.807) is 24.3 Å². The van der Waals surface area contributed by atoms with Crippen LogP contribution in [0.2, 0.25) is 5.02 Å². The number of nitrogens with zero attached hydrogens (tertiary/aromatic N) is 1. The molecule has 3 aromatic carbocycles. The summed E-state index contributed by atoms with van der Waals surface area (Å²) in [6, 6.07) is 20.5. The normalized spacial score (nSPS) is 23.3. The molecule has 3 aromatic rings. The molecule has 5 rings (SSSR count). The molecule has 0 aliphatic carbocycles. The monoisotopic (exact) mass is 541 g/mol. The molecule has 3 atom stereocenters. The van der Waals surface area contributed by atoms with Gasteiger partial charge < -0.3 is 15.4 Å². The molecule has 0 unspecified atom stereocenters. The van der Waals surface area contributed by atoms with Crippen molar-refractivity contribution in [2.24, 2.45) is 5.92 Å². The second kappa shape index (κ2) is 8.31. The Labute approximate surface area is 211 Å². The first-order valence-electron chi connectivity index (χ1n) is 10.5. The van der Waals surface area contributed by atoms with Crippen LogP contribution in [-0.4, -0.2) is 16.7 Å². The number of benzene rings is 3. The number of anilines is 2. The summed E-state index contributed by atoms with van der Waals surface area (Å²) >= 11 is 15.4. The van der Waals surface area contributed by atoms with Gasteiger partial charge in [0.05, 0.1) is 6.04 Å². The van der Waals surface area contributed by atoms with Crippen LogP contribution in [0, 0.1) is 12.8 Å². The minimum absolute atomic E-state index is 0.174. The molecular formula is C25H21BrClN3O2S. The molecule has 2 aliphatic rings. The Bertz CT molecular complexity index is 1270. The van der Waals surface area contributed by atoms with E-state index in [1.807, 2.05) is 61.2 Å². The van der Waals surface area contributed by atoms with E-state index in [-0.39, 0.29) is 11.9 Å². The van der Waals surface area contributed by atoms with Crippen molar-refractivity contribution in [3.05, 3.63) is 87.4 Å². The van der Waals surface area contributed by atoms with Gasteiger partial charge in [0.2, 0.25) is 5.91 Å². The minimum Gasteiger partial charge on any atom is -0.467 e. The largest absolute Gasteiger partial charge is 0.467 e. The second-order valence-corrected chi connectivity index (χ2v) is 10.2. The molecule has 0 radical (unpaired) electrons. The molecule has 2 N–H and O–H groups in total. The third-order valence-electron chi connectivity index (χ3n) is 6.11. The summed E-state index contributed by atoms with van der Waals surface area (Å²) in [5.74, 6) is -0.0428. The lowest BCUT2D eigenvalue weighted by Crippen LogP contribution is -2.72. The summed E-state index contributed by atoms with van der Waals surface area (Å²) < 4.78 is 7.52. The van der Waals surface area contributed by atoms with E-state index in [9.17, 15) is 4.79 Å². The van der Waals surface area contributed by atoms with Crippen LogP contribution >= 0.6 is 39.7 Å². The van der Waals surface area contributed by atoms with E-state index in [0.717, 1.165) is 27.0 Å². The highest BCUT2D eigenvalue weighted by Crippen LogP contribution is 2.50. The van der Waals surface area contributed by atoms with Crippen molar-refractivity contribution in [1.29, 1.82) is 0 Å². The number of ether oxygens (including phenoxy) is 1. The van der Waals surface area contributed by atoms with Crippen LogP contribution in [0.4, 0.5) is 11.4 Å². The van der Waals surface area contributed by atoms with Crippen molar-refractivity contribution in [3.63, 3.8) is 0 Å². The maximum absolute atomic E-state index is 13.8. The van der Waals surface area contributed by atoms with Crippen molar-refractivity contribution >= 4 is 62.1 Å². The number of nitrogens with one attached hydrogen (secondary N) is 2. The highest BCUT2D eigenvalue weighted by molar-refractivity contribution is 9.10. The number of carbonyl (C=O) groups is 1. The topological polar surface area (TPSA) is 53.6 Å². The van der Waals surface area contributed by atoms with Gasteiger partial charge in [-0.3, -0.25) is 9.69 Å². The van der Waals surface area contributed by atoms with Gasteiger partial charge in [-0.1, -0.05) is 51.3 Å². The van der Waals surface area contributed by atoms with Gasteiger partial charge in [-0.05, 0) is 74.6 Å². The van der Waals surface area contributed by atoms with Crippen molar-refractivity contribution in [1.82, 2.24) is 5.32 Å². The summed E-state index contributed by atoms with van der Waals surface area (Å²) in [5.41, 5.74) is 2.42. The average Bonchev–Trinajstić information content (AvgIpc) is 2.75. The van der Waals surface area contributed by atoms with E-state index in [2.05, 4.69) is 26.6 Å². The zero-order valence-corrected chi connectivity index (χ0v) is 21.1. The first kappa shape index (κ1) is 22.2. The fraction of sp³-hybridized carbons (Fsp3) is 0.200. The number of rotatable bonds is 3. The van der Waals surface area contributed by atoms with Crippen LogP contribution in [0.3, 0.4) is 0 Å². The van der Waals surface area contributed by atoms with Crippen molar-refractivity contribution in [3.8, 4) is 5.75 Å². The summed E-state index contributed by atoms with van der Waals surface area (Å²) in [4.78, 5) is 15.7. The highest BCUT2D eigenvalue weighted by atomic mass is 79.9. The van der Waals surface area contributed by atoms with E-state index >= 15 is 0 Å². The first-order chi connectivity index (χ1) is 15.8. The standard InChI is InChI=1S/C25H21BrClN3O2S/c1-14-6-11-20-19(12-14)22-21(23(31)28-17-9-7-16(27)8-10-17)25(2,32-20)30(24(33)29-22)18-5-3-4-15(26)13-18/h3-13,21-22H,1-2H3,(H,28,31)(H,29,33)/t21-,22+,25+/m0/s1. The minimum atomic E-state index is -1.06. The summed E-state index contributed by atoms with van der Waals surface area (Å²) in [6.45, 7) is 3.94. The molecule has 1 saturated heterocycles. The molecule has 1 fully saturated rings. The number of aryl methyl sites for hydroxylation is 1. The van der Waals surface area contributed by atoms with Gasteiger partial charge in [-0.2, -0.15) is 0 Å². The summed E-state index contributed by atoms with van der Waals surface area (Å²) in [7, 11) is 0. The van der Waals surface area contributed by atoms with Crippen LogP contribution in [0.15, 0.2) is 71.2 Å². The van der Waals surface area contributed by atoms with E-state index in [4.69, 9.17) is 28.6 Å². The third-order valence-corrected chi connectivity index (χ3v) is 7.16. The Morgan fingerprint density at radius 3 is 2.67 bits per heavy atom. The SMILES string of the molecule is Cc1ccc2c(c1)[C@H]1NC(=S)N(c3cccc(Br)c3)[C@](C)(O2)[C@@H]1C(=O)Nc1ccc(Cl)cc1. The van der Waals surface area contributed by atoms with Crippen molar-refractivity contribution < 1.29 is 9.53 Å². The molecule has 168 valence electrons. The highest BCUT2D eigenvalue weighted by Gasteiger charge is 2.59.